The standard InChI is InChI=1S/C19H26N2O4/c1-12(2)9-14(19(24)25)11-20-18(23)15-10-13(3)6-7-16(15)21-8-4-5-17(21)22/h6-7,10,12,14H,4-5,8-9,11H2,1-3H3,(H,20,23)(H,24,25)/t14-/m1/s1. The second kappa shape index (κ2) is 8.14. The van der Waals surface area contributed by atoms with Gasteiger partial charge in [-0.15, -0.1) is 0 Å². The molecule has 1 fully saturated rings. The van der Waals surface area contributed by atoms with Crippen LogP contribution in [0.2, 0.25) is 0 Å². The van der Waals surface area contributed by atoms with E-state index in [0.717, 1.165) is 12.0 Å². The fraction of sp³-hybridized carbons (Fsp3) is 0.526. The Morgan fingerprint density at radius 1 is 1.32 bits per heavy atom. The molecular weight excluding hydrogens is 320 g/mol. The van der Waals surface area contributed by atoms with Gasteiger partial charge >= 0.3 is 5.97 Å². The van der Waals surface area contributed by atoms with E-state index < -0.39 is 11.9 Å². The molecule has 2 N–H and O–H groups in total. The first-order chi connectivity index (χ1) is 11.8. The van der Waals surface area contributed by atoms with Gasteiger partial charge in [0, 0.05) is 19.5 Å². The summed E-state index contributed by atoms with van der Waals surface area (Å²) in [5, 5.41) is 12.0. The molecule has 2 rings (SSSR count). The van der Waals surface area contributed by atoms with Gasteiger partial charge in [0.2, 0.25) is 5.91 Å². The van der Waals surface area contributed by atoms with Crippen LogP contribution in [0, 0.1) is 18.8 Å². The van der Waals surface area contributed by atoms with Gasteiger partial charge in [0.1, 0.15) is 0 Å². The van der Waals surface area contributed by atoms with Crippen molar-refractivity contribution < 1.29 is 19.5 Å². The minimum absolute atomic E-state index is 0.0149. The SMILES string of the molecule is Cc1ccc(N2CCCC2=O)c(C(=O)NC[C@@H](CC(C)C)C(=O)O)c1. The lowest BCUT2D eigenvalue weighted by Crippen LogP contribution is -2.35. The molecule has 1 atom stereocenters. The molecule has 6 nitrogen and oxygen atoms in total. The topological polar surface area (TPSA) is 86.7 Å². The summed E-state index contributed by atoms with van der Waals surface area (Å²) in [5.41, 5.74) is 1.93. The number of nitrogens with one attached hydrogen (secondary N) is 1. The van der Waals surface area contributed by atoms with Crippen LogP contribution in [0.25, 0.3) is 0 Å². The fourth-order valence-corrected chi connectivity index (χ4v) is 3.12. The highest BCUT2D eigenvalue weighted by molar-refractivity contribution is 6.05. The number of rotatable bonds is 7. The van der Waals surface area contributed by atoms with Crippen molar-refractivity contribution in [3.63, 3.8) is 0 Å². The molecule has 1 aromatic carbocycles. The van der Waals surface area contributed by atoms with Gasteiger partial charge in [0.25, 0.3) is 5.91 Å². The second-order valence-corrected chi connectivity index (χ2v) is 7.04. The first-order valence-corrected chi connectivity index (χ1v) is 8.71. The number of aryl methyl sites for hydroxylation is 1. The van der Waals surface area contributed by atoms with E-state index in [4.69, 9.17) is 0 Å². The first kappa shape index (κ1) is 19.0. The van der Waals surface area contributed by atoms with Crippen LogP contribution in [-0.2, 0) is 9.59 Å². The number of carboxylic acid groups (broad SMARTS) is 1. The average molecular weight is 346 g/mol. The van der Waals surface area contributed by atoms with Crippen LogP contribution in [0.15, 0.2) is 18.2 Å². The lowest BCUT2D eigenvalue weighted by Gasteiger charge is -2.21. The molecule has 2 amide bonds. The molecule has 0 aliphatic carbocycles. The van der Waals surface area contributed by atoms with Crippen molar-refractivity contribution in [2.24, 2.45) is 11.8 Å². The quantitative estimate of drug-likeness (QED) is 0.794. The van der Waals surface area contributed by atoms with Crippen molar-refractivity contribution in [2.45, 2.75) is 40.0 Å². The number of aliphatic carboxylic acids is 1. The predicted molar refractivity (Wildman–Crippen MR) is 95.7 cm³/mol. The number of carbonyl (C=O) groups excluding carboxylic acids is 2. The molecule has 0 aromatic heterocycles. The molecule has 1 aromatic rings. The van der Waals surface area contributed by atoms with Gasteiger partial charge in [-0.1, -0.05) is 25.5 Å². The molecule has 0 saturated carbocycles. The maximum atomic E-state index is 12.7. The molecule has 1 heterocycles. The number of anilines is 1. The summed E-state index contributed by atoms with van der Waals surface area (Å²) in [6.45, 7) is 6.47. The van der Waals surface area contributed by atoms with Gasteiger partial charge < -0.3 is 15.3 Å². The third-order valence-electron chi connectivity index (χ3n) is 4.38. The van der Waals surface area contributed by atoms with Crippen molar-refractivity contribution >= 4 is 23.5 Å². The van der Waals surface area contributed by atoms with Crippen LogP contribution in [-0.4, -0.2) is 36.0 Å². The highest BCUT2D eigenvalue weighted by atomic mass is 16.4. The smallest absolute Gasteiger partial charge is 0.308 e. The van der Waals surface area contributed by atoms with E-state index in [9.17, 15) is 19.5 Å². The van der Waals surface area contributed by atoms with E-state index in [2.05, 4.69) is 5.32 Å². The number of nitrogens with zero attached hydrogens (tertiary/aromatic N) is 1. The lowest BCUT2D eigenvalue weighted by molar-refractivity contribution is -0.142. The zero-order valence-electron chi connectivity index (χ0n) is 15.0. The normalized spacial score (nSPS) is 15.5. The van der Waals surface area contributed by atoms with Crippen LogP contribution in [0.4, 0.5) is 5.69 Å². The first-order valence-electron chi connectivity index (χ1n) is 8.71. The molecule has 1 aliphatic rings. The fourth-order valence-electron chi connectivity index (χ4n) is 3.12. The predicted octanol–water partition coefficient (Wildman–Crippen LogP) is 2.60. The molecule has 1 aliphatic heterocycles. The number of hydrogen-bond acceptors (Lipinski definition) is 3. The molecule has 0 radical (unpaired) electrons. The van der Waals surface area contributed by atoms with E-state index >= 15 is 0 Å². The highest BCUT2D eigenvalue weighted by Crippen LogP contribution is 2.26. The summed E-state index contributed by atoms with van der Waals surface area (Å²) in [6.07, 6.45) is 1.77. The Balaban J connectivity index is 2.16. The summed E-state index contributed by atoms with van der Waals surface area (Å²) in [7, 11) is 0. The van der Waals surface area contributed by atoms with Crippen LogP contribution < -0.4 is 10.2 Å². The minimum Gasteiger partial charge on any atom is -0.481 e. The molecular formula is C19H26N2O4. The monoisotopic (exact) mass is 346 g/mol. The maximum absolute atomic E-state index is 12.7. The van der Waals surface area contributed by atoms with Crippen molar-refractivity contribution in [2.75, 3.05) is 18.0 Å². The Bertz CT molecular complexity index is 669. The Labute approximate surface area is 148 Å². The molecule has 0 bridgehead atoms. The molecule has 0 unspecified atom stereocenters. The minimum atomic E-state index is -0.909. The van der Waals surface area contributed by atoms with E-state index in [-0.39, 0.29) is 24.3 Å². The largest absolute Gasteiger partial charge is 0.481 e. The van der Waals surface area contributed by atoms with Crippen LogP contribution in [0.3, 0.4) is 0 Å². The van der Waals surface area contributed by atoms with Gasteiger partial charge in [-0.05, 0) is 37.8 Å². The van der Waals surface area contributed by atoms with Gasteiger partial charge in [-0.25, -0.2) is 0 Å². The summed E-state index contributed by atoms with van der Waals surface area (Å²) >= 11 is 0. The van der Waals surface area contributed by atoms with E-state index in [1.807, 2.05) is 26.8 Å². The second-order valence-electron chi connectivity index (χ2n) is 7.04. The molecule has 6 heteroatoms. The number of carboxylic acids is 1. The third kappa shape index (κ3) is 4.81. The van der Waals surface area contributed by atoms with Gasteiger partial charge in [-0.2, -0.15) is 0 Å². The van der Waals surface area contributed by atoms with Gasteiger partial charge in [0.15, 0.2) is 0 Å². The van der Waals surface area contributed by atoms with Crippen LogP contribution >= 0.6 is 0 Å². The van der Waals surface area contributed by atoms with Crippen molar-refractivity contribution in [3.8, 4) is 0 Å². The Morgan fingerprint density at radius 3 is 2.60 bits per heavy atom. The number of hydrogen-bond donors (Lipinski definition) is 2. The Morgan fingerprint density at radius 2 is 2.04 bits per heavy atom. The lowest BCUT2D eigenvalue weighted by atomic mass is 9.97. The zero-order chi connectivity index (χ0) is 18.6. The Kier molecular flexibility index (Phi) is 6.17. The van der Waals surface area contributed by atoms with Crippen molar-refractivity contribution in [1.29, 1.82) is 0 Å². The van der Waals surface area contributed by atoms with Crippen LogP contribution in [0.5, 0.6) is 0 Å². The maximum Gasteiger partial charge on any atom is 0.308 e. The van der Waals surface area contributed by atoms with Gasteiger partial charge in [0.05, 0.1) is 17.2 Å². The summed E-state index contributed by atoms with van der Waals surface area (Å²) in [6, 6.07) is 5.40. The van der Waals surface area contributed by atoms with E-state index in [1.54, 1.807) is 17.0 Å². The summed E-state index contributed by atoms with van der Waals surface area (Å²) in [4.78, 5) is 37.7. The van der Waals surface area contributed by atoms with Crippen LogP contribution in [0.1, 0.15) is 49.0 Å². The molecule has 25 heavy (non-hydrogen) atoms. The zero-order valence-corrected chi connectivity index (χ0v) is 15.0. The average Bonchev–Trinajstić information content (AvgIpc) is 2.96. The molecule has 0 spiro atoms. The summed E-state index contributed by atoms with van der Waals surface area (Å²) in [5.74, 6) is -1.62. The Hall–Kier alpha value is -2.37. The number of carbonyl (C=O) groups is 3. The number of benzene rings is 1. The highest BCUT2D eigenvalue weighted by Gasteiger charge is 2.26. The third-order valence-corrected chi connectivity index (χ3v) is 4.38. The molecule has 136 valence electrons. The van der Waals surface area contributed by atoms with E-state index in [0.29, 0.717) is 30.6 Å². The van der Waals surface area contributed by atoms with E-state index in [1.165, 1.54) is 0 Å². The van der Waals surface area contributed by atoms with Crippen molar-refractivity contribution in [3.05, 3.63) is 29.3 Å². The van der Waals surface area contributed by atoms with Gasteiger partial charge in [-0.3, -0.25) is 14.4 Å². The van der Waals surface area contributed by atoms with Crippen molar-refractivity contribution in [1.82, 2.24) is 5.32 Å². The number of amides is 2. The molecule has 1 saturated heterocycles. The summed E-state index contributed by atoms with van der Waals surface area (Å²) < 4.78 is 0.